The highest BCUT2D eigenvalue weighted by molar-refractivity contribution is 5.77. The van der Waals surface area contributed by atoms with Gasteiger partial charge in [-0.25, -0.2) is 0 Å². The Kier molecular flexibility index (Phi) is 5.77. The Balaban J connectivity index is 2.07. The molecular weight excluding hydrogens is 206 g/mol. The Morgan fingerprint density at radius 2 is 2.00 bits per heavy atom. The summed E-state index contributed by atoms with van der Waals surface area (Å²) in [4.78, 5) is 11.4. The van der Waals surface area contributed by atoms with E-state index in [4.69, 9.17) is 4.74 Å². The number of rotatable bonds is 5. The summed E-state index contributed by atoms with van der Waals surface area (Å²) < 4.78 is 5.21. The van der Waals surface area contributed by atoms with E-state index >= 15 is 0 Å². The van der Waals surface area contributed by atoms with Gasteiger partial charge in [0.05, 0.1) is 12.2 Å². The summed E-state index contributed by atoms with van der Waals surface area (Å²) >= 11 is 0. The summed E-state index contributed by atoms with van der Waals surface area (Å²) in [6, 6.07) is 0. The first kappa shape index (κ1) is 13.5. The van der Waals surface area contributed by atoms with E-state index in [0.717, 1.165) is 25.7 Å². The lowest BCUT2D eigenvalue weighted by Gasteiger charge is -2.25. The molecule has 0 spiro atoms. The van der Waals surface area contributed by atoms with Crippen LogP contribution < -0.4 is 5.32 Å². The number of aliphatic hydroxyl groups excluding tert-OH is 1. The average molecular weight is 229 g/mol. The standard InChI is InChI=1S/C12H23NO3/c1-9(2)16-8-12(15)13-7-10-3-5-11(14)6-4-10/h9-11,14H,3-8H2,1-2H3,(H,13,15). The lowest BCUT2D eigenvalue weighted by Crippen LogP contribution is -2.34. The molecule has 16 heavy (non-hydrogen) atoms. The molecule has 1 rings (SSSR count). The van der Waals surface area contributed by atoms with Crippen molar-refractivity contribution in [1.82, 2.24) is 5.32 Å². The SMILES string of the molecule is CC(C)OCC(=O)NCC1CCC(O)CC1. The molecule has 1 amide bonds. The van der Waals surface area contributed by atoms with Gasteiger partial charge in [0.1, 0.15) is 6.61 Å². The highest BCUT2D eigenvalue weighted by Crippen LogP contribution is 2.23. The predicted octanol–water partition coefficient (Wildman–Crippen LogP) is 1.08. The van der Waals surface area contributed by atoms with E-state index in [0.29, 0.717) is 12.5 Å². The molecule has 0 bridgehead atoms. The van der Waals surface area contributed by atoms with Gasteiger partial charge in [-0.05, 0) is 45.4 Å². The van der Waals surface area contributed by atoms with Gasteiger partial charge in [0.2, 0.25) is 5.91 Å². The second-order valence-corrected chi connectivity index (χ2v) is 4.84. The number of nitrogens with one attached hydrogen (secondary N) is 1. The van der Waals surface area contributed by atoms with E-state index in [1.54, 1.807) is 0 Å². The van der Waals surface area contributed by atoms with Crippen LogP contribution in [0.5, 0.6) is 0 Å². The molecule has 0 aromatic rings. The molecule has 94 valence electrons. The van der Waals surface area contributed by atoms with E-state index in [-0.39, 0.29) is 24.7 Å². The molecule has 0 unspecified atom stereocenters. The number of carbonyl (C=O) groups is 1. The van der Waals surface area contributed by atoms with E-state index < -0.39 is 0 Å². The first-order valence-corrected chi connectivity index (χ1v) is 6.14. The van der Waals surface area contributed by atoms with E-state index in [1.165, 1.54) is 0 Å². The van der Waals surface area contributed by atoms with Gasteiger partial charge in [0.15, 0.2) is 0 Å². The van der Waals surface area contributed by atoms with Crippen LogP contribution >= 0.6 is 0 Å². The lowest BCUT2D eigenvalue weighted by atomic mass is 9.87. The number of amides is 1. The molecule has 0 atom stereocenters. The Labute approximate surface area is 97.4 Å². The van der Waals surface area contributed by atoms with Crippen LogP contribution in [-0.4, -0.2) is 36.4 Å². The van der Waals surface area contributed by atoms with Crippen LogP contribution in [0, 0.1) is 5.92 Å². The molecule has 0 heterocycles. The third-order valence-electron chi connectivity index (χ3n) is 2.95. The number of carbonyl (C=O) groups excluding carboxylic acids is 1. The van der Waals surface area contributed by atoms with Crippen LogP contribution in [0.25, 0.3) is 0 Å². The normalized spacial score (nSPS) is 25.8. The zero-order valence-electron chi connectivity index (χ0n) is 10.2. The molecule has 2 N–H and O–H groups in total. The minimum Gasteiger partial charge on any atom is -0.393 e. The fraction of sp³-hybridized carbons (Fsp3) is 0.917. The van der Waals surface area contributed by atoms with Crippen LogP contribution in [0.1, 0.15) is 39.5 Å². The molecule has 0 saturated heterocycles. The minimum absolute atomic E-state index is 0.0418. The van der Waals surface area contributed by atoms with Crippen molar-refractivity contribution < 1.29 is 14.6 Å². The number of hydrogen-bond donors (Lipinski definition) is 2. The zero-order chi connectivity index (χ0) is 12.0. The van der Waals surface area contributed by atoms with Crippen LogP contribution in [0.4, 0.5) is 0 Å². The quantitative estimate of drug-likeness (QED) is 0.741. The third-order valence-corrected chi connectivity index (χ3v) is 2.95. The smallest absolute Gasteiger partial charge is 0.246 e. The molecule has 0 aliphatic heterocycles. The lowest BCUT2D eigenvalue weighted by molar-refractivity contribution is -0.127. The summed E-state index contributed by atoms with van der Waals surface area (Å²) in [6.45, 7) is 4.69. The highest BCUT2D eigenvalue weighted by atomic mass is 16.5. The van der Waals surface area contributed by atoms with Gasteiger partial charge >= 0.3 is 0 Å². The van der Waals surface area contributed by atoms with Gasteiger partial charge in [0, 0.05) is 6.54 Å². The summed E-state index contributed by atoms with van der Waals surface area (Å²) in [5.41, 5.74) is 0. The second-order valence-electron chi connectivity index (χ2n) is 4.84. The third kappa shape index (κ3) is 5.47. The van der Waals surface area contributed by atoms with Gasteiger partial charge < -0.3 is 15.2 Å². The summed E-state index contributed by atoms with van der Waals surface area (Å²) in [5.74, 6) is 0.478. The van der Waals surface area contributed by atoms with Crippen molar-refractivity contribution in [3.05, 3.63) is 0 Å². The summed E-state index contributed by atoms with van der Waals surface area (Å²) in [6.07, 6.45) is 3.71. The minimum atomic E-state index is -0.128. The maximum absolute atomic E-state index is 11.4. The Morgan fingerprint density at radius 3 is 2.56 bits per heavy atom. The Bertz CT molecular complexity index is 210. The monoisotopic (exact) mass is 229 g/mol. The van der Waals surface area contributed by atoms with Gasteiger partial charge in [-0.3, -0.25) is 4.79 Å². The Morgan fingerprint density at radius 1 is 1.38 bits per heavy atom. The van der Waals surface area contributed by atoms with Crippen molar-refractivity contribution in [1.29, 1.82) is 0 Å². The van der Waals surface area contributed by atoms with Crippen molar-refractivity contribution in [3.63, 3.8) is 0 Å². The molecular formula is C12H23NO3. The summed E-state index contributed by atoms with van der Waals surface area (Å²) in [5, 5.41) is 12.2. The van der Waals surface area contributed by atoms with Gasteiger partial charge in [0.25, 0.3) is 0 Å². The van der Waals surface area contributed by atoms with Gasteiger partial charge in [-0.2, -0.15) is 0 Å². The van der Waals surface area contributed by atoms with Crippen LogP contribution in [0.15, 0.2) is 0 Å². The van der Waals surface area contributed by atoms with Crippen LogP contribution in [0.3, 0.4) is 0 Å². The van der Waals surface area contributed by atoms with E-state index in [2.05, 4.69) is 5.32 Å². The molecule has 0 radical (unpaired) electrons. The number of hydrogen-bond acceptors (Lipinski definition) is 3. The Hall–Kier alpha value is -0.610. The molecule has 1 saturated carbocycles. The molecule has 1 fully saturated rings. The molecule has 4 nitrogen and oxygen atoms in total. The van der Waals surface area contributed by atoms with Crippen LogP contribution in [-0.2, 0) is 9.53 Å². The number of ether oxygens (including phenoxy) is 1. The average Bonchev–Trinajstić information content (AvgIpc) is 2.25. The molecule has 4 heteroatoms. The van der Waals surface area contributed by atoms with E-state index in [1.807, 2.05) is 13.8 Å². The molecule has 0 aromatic carbocycles. The van der Waals surface area contributed by atoms with Gasteiger partial charge in [-0.1, -0.05) is 0 Å². The van der Waals surface area contributed by atoms with Crippen molar-refractivity contribution >= 4 is 5.91 Å². The van der Waals surface area contributed by atoms with Crippen molar-refractivity contribution in [2.75, 3.05) is 13.2 Å². The fourth-order valence-electron chi connectivity index (χ4n) is 1.90. The zero-order valence-corrected chi connectivity index (χ0v) is 10.2. The topological polar surface area (TPSA) is 58.6 Å². The fourth-order valence-corrected chi connectivity index (χ4v) is 1.90. The summed E-state index contributed by atoms with van der Waals surface area (Å²) in [7, 11) is 0. The number of aliphatic hydroxyl groups is 1. The molecule has 1 aliphatic carbocycles. The van der Waals surface area contributed by atoms with Crippen molar-refractivity contribution in [2.24, 2.45) is 5.92 Å². The maximum atomic E-state index is 11.4. The van der Waals surface area contributed by atoms with Crippen molar-refractivity contribution in [2.45, 2.75) is 51.7 Å². The first-order valence-electron chi connectivity index (χ1n) is 6.14. The maximum Gasteiger partial charge on any atom is 0.246 e. The highest BCUT2D eigenvalue weighted by Gasteiger charge is 2.19. The largest absolute Gasteiger partial charge is 0.393 e. The molecule has 0 aromatic heterocycles. The molecule has 1 aliphatic rings. The second kappa shape index (κ2) is 6.86. The predicted molar refractivity (Wildman–Crippen MR) is 62.1 cm³/mol. The van der Waals surface area contributed by atoms with Crippen LogP contribution in [0.2, 0.25) is 0 Å². The van der Waals surface area contributed by atoms with E-state index in [9.17, 15) is 9.90 Å². The van der Waals surface area contributed by atoms with Crippen molar-refractivity contribution in [3.8, 4) is 0 Å². The first-order chi connectivity index (χ1) is 7.58. The van der Waals surface area contributed by atoms with Gasteiger partial charge in [-0.15, -0.1) is 0 Å².